The van der Waals surface area contributed by atoms with Gasteiger partial charge in [-0.3, -0.25) is 9.20 Å². The van der Waals surface area contributed by atoms with Gasteiger partial charge < -0.3 is 15.0 Å². The van der Waals surface area contributed by atoms with E-state index in [0.717, 1.165) is 35.1 Å². The fourth-order valence-corrected chi connectivity index (χ4v) is 4.08. The lowest BCUT2D eigenvalue weighted by molar-refractivity contribution is -0.120. The molecule has 1 fully saturated rings. The Morgan fingerprint density at radius 1 is 1.33 bits per heavy atom. The Hall–Kier alpha value is -2.45. The molecule has 0 radical (unpaired) electrons. The van der Waals surface area contributed by atoms with E-state index in [1.807, 2.05) is 40.5 Å². The molecule has 4 rings (SSSR count). The minimum absolute atomic E-state index is 0.0411. The number of nitrogens with one attached hydrogen (secondary N) is 1. The SMILES string of the molecule is C[C@@H]1CN(c2ccc(CNC(=O)Cc3cn4ccsc4n3)cn2)C[C@@H](C)O1. The molecule has 1 amide bonds. The number of fused-ring (bicyclic) bond motifs is 1. The number of nitrogens with zero attached hydrogens (tertiary/aromatic N) is 4. The highest BCUT2D eigenvalue weighted by Gasteiger charge is 2.22. The minimum atomic E-state index is -0.0411. The first-order valence-electron chi connectivity index (χ1n) is 9.10. The van der Waals surface area contributed by atoms with Gasteiger partial charge in [-0.1, -0.05) is 6.07 Å². The molecule has 0 spiro atoms. The molecule has 3 aromatic rings. The molecule has 1 N–H and O–H groups in total. The van der Waals surface area contributed by atoms with E-state index in [2.05, 4.69) is 34.0 Å². The normalized spacial score (nSPS) is 20.1. The van der Waals surface area contributed by atoms with Gasteiger partial charge in [0.05, 0.1) is 24.3 Å². The van der Waals surface area contributed by atoms with Crippen molar-refractivity contribution in [2.45, 2.75) is 39.0 Å². The van der Waals surface area contributed by atoms with Crippen LogP contribution < -0.4 is 10.2 Å². The van der Waals surface area contributed by atoms with Crippen molar-refractivity contribution in [1.82, 2.24) is 19.7 Å². The van der Waals surface area contributed by atoms with E-state index in [1.165, 1.54) is 0 Å². The third kappa shape index (κ3) is 4.28. The van der Waals surface area contributed by atoms with Crippen molar-refractivity contribution in [2.75, 3.05) is 18.0 Å². The predicted octanol–water partition coefficient (Wildman–Crippen LogP) is 2.26. The van der Waals surface area contributed by atoms with Crippen LogP contribution in [0.15, 0.2) is 36.1 Å². The number of anilines is 1. The largest absolute Gasteiger partial charge is 0.372 e. The first-order chi connectivity index (χ1) is 13.1. The predicted molar refractivity (Wildman–Crippen MR) is 105 cm³/mol. The van der Waals surface area contributed by atoms with Crippen LogP contribution in [-0.4, -0.2) is 45.6 Å². The Morgan fingerprint density at radius 2 is 2.15 bits per heavy atom. The average Bonchev–Trinajstić information content (AvgIpc) is 3.21. The lowest BCUT2D eigenvalue weighted by Gasteiger charge is -2.36. The first-order valence-corrected chi connectivity index (χ1v) is 9.98. The molecule has 1 aliphatic heterocycles. The van der Waals surface area contributed by atoms with Crippen molar-refractivity contribution in [1.29, 1.82) is 0 Å². The number of carbonyl (C=O) groups excluding carboxylic acids is 1. The van der Waals surface area contributed by atoms with Crippen LogP contribution in [0.4, 0.5) is 5.82 Å². The quantitative estimate of drug-likeness (QED) is 0.729. The fraction of sp³-hybridized carbons (Fsp3) is 0.421. The highest BCUT2D eigenvalue weighted by molar-refractivity contribution is 7.15. The van der Waals surface area contributed by atoms with Crippen LogP contribution in [-0.2, 0) is 22.5 Å². The molecule has 0 bridgehead atoms. The number of amides is 1. The number of morpholine rings is 1. The molecule has 0 unspecified atom stereocenters. The number of hydrogen-bond donors (Lipinski definition) is 1. The van der Waals surface area contributed by atoms with Gasteiger partial charge in [-0.25, -0.2) is 9.97 Å². The summed E-state index contributed by atoms with van der Waals surface area (Å²) >= 11 is 1.56. The molecular formula is C19H23N5O2S. The maximum Gasteiger partial charge on any atom is 0.226 e. The van der Waals surface area contributed by atoms with Gasteiger partial charge in [-0.2, -0.15) is 0 Å². The van der Waals surface area contributed by atoms with Gasteiger partial charge in [0.25, 0.3) is 0 Å². The number of aromatic nitrogens is 3. The molecule has 7 nitrogen and oxygen atoms in total. The molecule has 0 saturated carbocycles. The van der Waals surface area contributed by atoms with Crippen LogP contribution in [0.1, 0.15) is 25.1 Å². The standard InChI is InChI=1S/C19H23N5O2S/c1-13-10-24(11-14(2)26-13)17-4-3-15(8-20-17)9-21-18(25)7-16-12-23-5-6-27-19(23)22-16/h3-6,8,12-14H,7,9-11H2,1-2H3,(H,21,25)/t13-,14-/m1/s1. The Labute approximate surface area is 162 Å². The van der Waals surface area contributed by atoms with E-state index < -0.39 is 0 Å². The van der Waals surface area contributed by atoms with Crippen molar-refractivity contribution >= 4 is 28.0 Å². The smallest absolute Gasteiger partial charge is 0.226 e. The number of thiazole rings is 1. The van der Waals surface area contributed by atoms with Gasteiger partial charge >= 0.3 is 0 Å². The molecule has 8 heteroatoms. The number of carbonyl (C=O) groups is 1. The summed E-state index contributed by atoms with van der Waals surface area (Å²) < 4.78 is 7.70. The maximum absolute atomic E-state index is 12.2. The Kier molecular flexibility index (Phi) is 5.09. The molecule has 0 aliphatic carbocycles. The van der Waals surface area contributed by atoms with E-state index in [0.29, 0.717) is 6.54 Å². The zero-order chi connectivity index (χ0) is 18.8. The molecule has 0 aromatic carbocycles. The number of rotatable bonds is 5. The monoisotopic (exact) mass is 385 g/mol. The van der Waals surface area contributed by atoms with Crippen LogP contribution >= 0.6 is 11.3 Å². The number of ether oxygens (including phenoxy) is 1. The second-order valence-corrected chi connectivity index (χ2v) is 7.84. The molecular weight excluding hydrogens is 362 g/mol. The molecule has 1 aliphatic rings. The topological polar surface area (TPSA) is 71.8 Å². The van der Waals surface area contributed by atoms with Gasteiger partial charge in [0.2, 0.25) is 5.91 Å². The van der Waals surface area contributed by atoms with E-state index in [9.17, 15) is 4.79 Å². The lowest BCUT2D eigenvalue weighted by atomic mass is 10.2. The summed E-state index contributed by atoms with van der Waals surface area (Å²) in [5, 5.41) is 4.91. The van der Waals surface area contributed by atoms with Crippen LogP contribution in [0.3, 0.4) is 0 Å². The second kappa shape index (κ2) is 7.66. The highest BCUT2D eigenvalue weighted by Crippen LogP contribution is 2.18. The van der Waals surface area contributed by atoms with Crippen molar-refractivity contribution in [3.05, 3.63) is 47.4 Å². The number of pyridine rings is 1. The summed E-state index contributed by atoms with van der Waals surface area (Å²) in [7, 11) is 0. The van der Waals surface area contributed by atoms with Crippen molar-refractivity contribution in [2.24, 2.45) is 0 Å². The molecule has 142 valence electrons. The Morgan fingerprint density at radius 3 is 2.85 bits per heavy atom. The summed E-state index contributed by atoms with van der Waals surface area (Å²) in [5.41, 5.74) is 1.76. The Balaban J connectivity index is 1.30. The summed E-state index contributed by atoms with van der Waals surface area (Å²) in [6.45, 7) is 6.31. The fourth-order valence-electron chi connectivity index (χ4n) is 3.36. The molecule has 2 atom stereocenters. The van der Waals surface area contributed by atoms with Crippen molar-refractivity contribution < 1.29 is 9.53 Å². The first kappa shape index (κ1) is 17.9. The molecule has 3 aromatic heterocycles. The maximum atomic E-state index is 12.2. The molecule has 1 saturated heterocycles. The number of hydrogen-bond acceptors (Lipinski definition) is 6. The van der Waals surface area contributed by atoms with Gasteiger partial charge in [-0.15, -0.1) is 11.3 Å². The van der Waals surface area contributed by atoms with Crippen LogP contribution in [0, 0.1) is 0 Å². The van der Waals surface area contributed by atoms with E-state index in [4.69, 9.17) is 4.74 Å². The molecule has 4 heterocycles. The summed E-state index contributed by atoms with van der Waals surface area (Å²) in [6.07, 6.45) is 6.35. The zero-order valence-electron chi connectivity index (χ0n) is 15.5. The minimum Gasteiger partial charge on any atom is -0.372 e. The van der Waals surface area contributed by atoms with Crippen LogP contribution in [0.25, 0.3) is 4.96 Å². The van der Waals surface area contributed by atoms with Crippen molar-refractivity contribution in [3.63, 3.8) is 0 Å². The van der Waals surface area contributed by atoms with E-state index in [1.54, 1.807) is 11.3 Å². The summed E-state index contributed by atoms with van der Waals surface area (Å²) in [6, 6.07) is 4.02. The number of imidazole rings is 1. The van der Waals surface area contributed by atoms with Crippen LogP contribution in [0.2, 0.25) is 0 Å². The van der Waals surface area contributed by atoms with E-state index >= 15 is 0 Å². The van der Waals surface area contributed by atoms with Gasteiger partial charge in [0, 0.05) is 43.6 Å². The summed E-state index contributed by atoms with van der Waals surface area (Å²) in [4.78, 5) is 24.3. The Bertz CT molecular complexity index is 881. The molecule has 27 heavy (non-hydrogen) atoms. The highest BCUT2D eigenvalue weighted by atomic mass is 32.1. The third-order valence-corrected chi connectivity index (χ3v) is 5.30. The van der Waals surface area contributed by atoms with Gasteiger partial charge in [-0.05, 0) is 25.5 Å². The zero-order valence-corrected chi connectivity index (χ0v) is 16.3. The average molecular weight is 385 g/mol. The van der Waals surface area contributed by atoms with Gasteiger partial charge in [0.1, 0.15) is 5.82 Å². The van der Waals surface area contributed by atoms with Crippen molar-refractivity contribution in [3.8, 4) is 0 Å². The summed E-state index contributed by atoms with van der Waals surface area (Å²) in [5.74, 6) is 0.908. The van der Waals surface area contributed by atoms with E-state index in [-0.39, 0.29) is 24.5 Å². The van der Waals surface area contributed by atoms with Gasteiger partial charge in [0.15, 0.2) is 4.96 Å². The van der Waals surface area contributed by atoms with Crippen LogP contribution in [0.5, 0.6) is 0 Å². The second-order valence-electron chi connectivity index (χ2n) is 6.97. The lowest BCUT2D eigenvalue weighted by Crippen LogP contribution is -2.45. The third-order valence-electron chi connectivity index (χ3n) is 4.53.